The number of phenolic OH excluding ortho intramolecular Hbond substituents is 1. The van der Waals surface area contributed by atoms with Gasteiger partial charge < -0.3 is 14.9 Å². The third-order valence-electron chi connectivity index (χ3n) is 3.05. The van der Waals surface area contributed by atoms with E-state index in [1.54, 1.807) is 0 Å². The van der Waals surface area contributed by atoms with Crippen LogP contribution in [0.1, 0.15) is 20.7 Å². The van der Waals surface area contributed by atoms with Gasteiger partial charge in [0.05, 0.1) is 23.3 Å². The highest BCUT2D eigenvalue weighted by atomic mass is 32.2. The average molecular weight is 351 g/mol. The lowest BCUT2D eigenvalue weighted by Gasteiger charge is -2.10. The summed E-state index contributed by atoms with van der Waals surface area (Å²) in [5.74, 6) is -2.48. The number of anilines is 1. The van der Waals surface area contributed by atoms with Crippen LogP contribution in [0.15, 0.2) is 47.4 Å². The van der Waals surface area contributed by atoms with Crippen LogP contribution in [0.2, 0.25) is 0 Å². The number of esters is 1. The van der Waals surface area contributed by atoms with Gasteiger partial charge in [-0.15, -0.1) is 0 Å². The lowest BCUT2D eigenvalue weighted by Crippen LogP contribution is -2.14. The van der Waals surface area contributed by atoms with Crippen LogP contribution in [-0.4, -0.2) is 37.7 Å². The second-order valence-corrected chi connectivity index (χ2v) is 6.34. The number of ether oxygens (including phenoxy) is 1. The monoisotopic (exact) mass is 351 g/mol. The van der Waals surface area contributed by atoms with Crippen molar-refractivity contribution in [3.63, 3.8) is 0 Å². The number of aromatic hydroxyl groups is 1. The molecule has 0 heterocycles. The van der Waals surface area contributed by atoms with Crippen LogP contribution in [-0.2, 0) is 14.8 Å². The number of carbonyl (C=O) groups excluding carboxylic acids is 1. The standard InChI is InChI=1S/C15H13NO7S/c1-23-15(20)12-6-5-10(8-13(12)17)16-24(21,22)11-4-2-3-9(7-11)14(18)19/h2-8,16-17H,1H3,(H,18,19). The number of hydrogen-bond donors (Lipinski definition) is 3. The normalized spacial score (nSPS) is 10.9. The number of carboxylic acids is 1. The third-order valence-corrected chi connectivity index (χ3v) is 4.43. The molecule has 0 atom stereocenters. The highest BCUT2D eigenvalue weighted by Gasteiger charge is 2.18. The van der Waals surface area contributed by atoms with Gasteiger partial charge in [0.15, 0.2) is 0 Å². The maximum atomic E-state index is 12.3. The summed E-state index contributed by atoms with van der Waals surface area (Å²) in [6, 6.07) is 8.32. The Morgan fingerprint density at radius 2 is 1.83 bits per heavy atom. The van der Waals surface area contributed by atoms with E-state index in [1.165, 1.54) is 30.3 Å². The van der Waals surface area contributed by atoms with Gasteiger partial charge in [-0.1, -0.05) is 6.07 Å². The Bertz CT molecular complexity index is 906. The van der Waals surface area contributed by atoms with E-state index in [0.29, 0.717) is 0 Å². The van der Waals surface area contributed by atoms with E-state index in [2.05, 4.69) is 9.46 Å². The molecule has 0 bridgehead atoms. The van der Waals surface area contributed by atoms with Gasteiger partial charge in [-0.2, -0.15) is 0 Å². The van der Waals surface area contributed by atoms with Crippen LogP contribution in [0.3, 0.4) is 0 Å². The molecule has 3 N–H and O–H groups in total. The Hall–Kier alpha value is -3.07. The summed E-state index contributed by atoms with van der Waals surface area (Å²) in [6.45, 7) is 0. The Morgan fingerprint density at radius 3 is 2.42 bits per heavy atom. The van der Waals surface area contributed by atoms with Crippen molar-refractivity contribution in [2.75, 3.05) is 11.8 Å². The highest BCUT2D eigenvalue weighted by molar-refractivity contribution is 7.92. The van der Waals surface area contributed by atoms with Gasteiger partial charge >= 0.3 is 11.9 Å². The summed E-state index contributed by atoms with van der Waals surface area (Å²) in [7, 11) is -2.92. The van der Waals surface area contributed by atoms with Gasteiger partial charge in [-0.3, -0.25) is 4.72 Å². The summed E-state index contributed by atoms with van der Waals surface area (Å²) in [6.07, 6.45) is 0. The predicted octanol–water partition coefficient (Wildman–Crippen LogP) is 1.68. The molecule has 0 fully saturated rings. The number of benzene rings is 2. The number of sulfonamides is 1. The molecule has 24 heavy (non-hydrogen) atoms. The van der Waals surface area contributed by atoms with Crippen molar-refractivity contribution in [1.29, 1.82) is 0 Å². The molecule has 0 aliphatic heterocycles. The first kappa shape index (κ1) is 17.3. The smallest absolute Gasteiger partial charge is 0.341 e. The van der Waals surface area contributed by atoms with Crippen LogP contribution in [0.5, 0.6) is 5.75 Å². The molecule has 2 rings (SSSR count). The molecule has 0 aliphatic carbocycles. The molecule has 0 saturated heterocycles. The van der Waals surface area contributed by atoms with Crippen LogP contribution in [0.25, 0.3) is 0 Å². The molecule has 9 heteroatoms. The summed E-state index contributed by atoms with van der Waals surface area (Å²) >= 11 is 0. The van der Waals surface area contributed by atoms with Crippen molar-refractivity contribution in [2.24, 2.45) is 0 Å². The van der Waals surface area contributed by atoms with Crippen molar-refractivity contribution < 1.29 is 33.0 Å². The number of hydrogen-bond acceptors (Lipinski definition) is 6. The zero-order valence-electron chi connectivity index (χ0n) is 12.4. The second kappa shape index (κ2) is 6.59. The first-order valence-electron chi connectivity index (χ1n) is 6.52. The molecule has 0 amide bonds. The summed E-state index contributed by atoms with van der Waals surface area (Å²) in [5, 5.41) is 18.7. The van der Waals surface area contributed by atoms with E-state index in [1.807, 2.05) is 0 Å². The van der Waals surface area contributed by atoms with Gasteiger partial charge in [0, 0.05) is 6.07 Å². The van der Waals surface area contributed by atoms with Gasteiger partial charge in [0.25, 0.3) is 10.0 Å². The Labute approximate surface area is 137 Å². The average Bonchev–Trinajstić information content (AvgIpc) is 2.54. The molecule has 2 aromatic rings. The number of aromatic carboxylic acids is 1. The molecule has 2 aromatic carbocycles. The van der Waals surface area contributed by atoms with Crippen LogP contribution in [0, 0.1) is 0 Å². The minimum absolute atomic E-state index is 0.000816. The third kappa shape index (κ3) is 3.63. The summed E-state index contributed by atoms with van der Waals surface area (Å²) in [4.78, 5) is 22.0. The van der Waals surface area contributed by atoms with Crippen LogP contribution in [0.4, 0.5) is 5.69 Å². The molecule has 0 radical (unpaired) electrons. The quantitative estimate of drug-likeness (QED) is 0.699. The van der Waals surface area contributed by atoms with E-state index < -0.39 is 27.7 Å². The number of phenols is 1. The Balaban J connectivity index is 2.33. The number of methoxy groups -OCH3 is 1. The Kier molecular flexibility index (Phi) is 4.74. The SMILES string of the molecule is COC(=O)c1ccc(NS(=O)(=O)c2cccc(C(=O)O)c2)cc1O. The molecular weight excluding hydrogens is 338 g/mol. The Morgan fingerprint density at radius 1 is 1.12 bits per heavy atom. The summed E-state index contributed by atoms with van der Waals surface area (Å²) in [5.41, 5.74) is -0.295. The maximum Gasteiger partial charge on any atom is 0.341 e. The lowest BCUT2D eigenvalue weighted by molar-refractivity contribution is 0.0596. The second-order valence-electron chi connectivity index (χ2n) is 4.66. The molecule has 8 nitrogen and oxygen atoms in total. The van der Waals surface area contributed by atoms with Crippen molar-refractivity contribution in [2.45, 2.75) is 4.90 Å². The minimum Gasteiger partial charge on any atom is -0.507 e. The van der Waals surface area contributed by atoms with E-state index in [4.69, 9.17) is 5.11 Å². The van der Waals surface area contributed by atoms with Crippen molar-refractivity contribution in [1.82, 2.24) is 0 Å². The molecule has 0 aliphatic rings. The van der Waals surface area contributed by atoms with E-state index >= 15 is 0 Å². The predicted molar refractivity (Wildman–Crippen MR) is 83.7 cm³/mol. The largest absolute Gasteiger partial charge is 0.507 e. The van der Waals surface area contributed by atoms with E-state index in [-0.39, 0.29) is 21.7 Å². The van der Waals surface area contributed by atoms with Crippen molar-refractivity contribution in [3.05, 3.63) is 53.6 Å². The molecule has 126 valence electrons. The zero-order chi connectivity index (χ0) is 17.9. The first-order chi connectivity index (χ1) is 11.2. The fourth-order valence-corrected chi connectivity index (χ4v) is 2.98. The zero-order valence-corrected chi connectivity index (χ0v) is 13.2. The van der Waals surface area contributed by atoms with Crippen molar-refractivity contribution in [3.8, 4) is 5.75 Å². The molecule has 0 unspecified atom stereocenters. The van der Waals surface area contributed by atoms with Crippen LogP contribution >= 0.6 is 0 Å². The fraction of sp³-hybridized carbons (Fsp3) is 0.0667. The number of nitrogens with one attached hydrogen (secondary N) is 1. The molecular formula is C15H13NO7S. The highest BCUT2D eigenvalue weighted by Crippen LogP contribution is 2.25. The first-order valence-corrected chi connectivity index (χ1v) is 8.00. The lowest BCUT2D eigenvalue weighted by atomic mass is 10.2. The minimum atomic E-state index is -4.07. The van der Waals surface area contributed by atoms with Gasteiger partial charge in [-0.05, 0) is 30.3 Å². The number of carboxylic acid groups (broad SMARTS) is 1. The summed E-state index contributed by atoms with van der Waals surface area (Å²) < 4.78 is 31.2. The molecule has 0 saturated carbocycles. The number of carbonyl (C=O) groups is 2. The van der Waals surface area contributed by atoms with Crippen molar-refractivity contribution >= 4 is 27.6 Å². The van der Waals surface area contributed by atoms with Gasteiger partial charge in [0.2, 0.25) is 0 Å². The van der Waals surface area contributed by atoms with Gasteiger partial charge in [0.1, 0.15) is 11.3 Å². The van der Waals surface area contributed by atoms with E-state index in [0.717, 1.165) is 19.2 Å². The fourth-order valence-electron chi connectivity index (χ4n) is 1.89. The van der Waals surface area contributed by atoms with Crippen LogP contribution < -0.4 is 4.72 Å². The van der Waals surface area contributed by atoms with E-state index in [9.17, 15) is 23.1 Å². The number of rotatable bonds is 5. The topological polar surface area (TPSA) is 130 Å². The van der Waals surface area contributed by atoms with Gasteiger partial charge in [-0.25, -0.2) is 18.0 Å². The molecule has 0 spiro atoms. The maximum absolute atomic E-state index is 12.3. The molecule has 0 aromatic heterocycles.